The Morgan fingerprint density at radius 3 is 2.73 bits per heavy atom. The van der Waals surface area contributed by atoms with Crippen LogP contribution in [0.5, 0.6) is 0 Å². The number of hydrogen-bond donors (Lipinski definition) is 2. The van der Waals surface area contributed by atoms with Crippen molar-refractivity contribution in [3.8, 4) is 0 Å². The summed E-state index contributed by atoms with van der Waals surface area (Å²) in [6.45, 7) is 1.98. The second-order valence-corrected chi connectivity index (χ2v) is 3.24. The van der Waals surface area contributed by atoms with Gasteiger partial charge in [0.1, 0.15) is 6.61 Å². The maximum Gasteiger partial charge on any atom is 0.261 e. The predicted octanol–water partition coefficient (Wildman–Crippen LogP) is 0.369. The summed E-state index contributed by atoms with van der Waals surface area (Å²) in [7, 11) is 0. The normalized spacial score (nSPS) is 12.9. The van der Waals surface area contributed by atoms with E-state index < -0.39 is 13.0 Å². The molecule has 0 saturated carbocycles. The number of carbonyl (C=O) groups excluding carboxylic acids is 1. The van der Waals surface area contributed by atoms with Crippen molar-refractivity contribution in [1.29, 1.82) is 0 Å². The summed E-state index contributed by atoms with van der Waals surface area (Å²) in [5, 5.41) is 2.58. The molecule has 0 spiro atoms. The molecule has 4 nitrogen and oxygen atoms in total. The first kappa shape index (κ1) is 14.2. The third kappa shape index (κ3) is 8.26. The monoisotopic (exact) mass is 224 g/mol. The van der Waals surface area contributed by atoms with Gasteiger partial charge in [0.25, 0.3) is 6.43 Å². The Balaban J connectivity index is 3.38. The fourth-order valence-electron chi connectivity index (χ4n) is 0.974. The van der Waals surface area contributed by atoms with E-state index in [4.69, 9.17) is 5.73 Å². The molecule has 0 aromatic rings. The van der Waals surface area contributed by atoms with Gasteiger partial charge >= 0.3 is 0 Å². The molecular weight excluding hydrogens is 206 g/mol. The van der Waals surface area contributed by atoms with E-state index in [1.54, 1.807) is 6.92 Å². The van der Waals surface area contributed by atoms with E-state index in [-0.39, 0.29) is 25.0 Å². The molecule has 0 aliphatic rings. The smallest absolute Gasteiger partial charge is 0.261 e. The van der Waals surface area contributed by atoms with Crippen molar-refractivity contribution in [2.24, 2.45) is 11.7 Å². The molecule has 1 amide bonds. The summed E-state index contributed by atoms with van der Waals surface area (Å²) in [5.74, 6) is -0.272. The lowest BCUT2D eigenvalue weighted by Crippen LogP contribution is -2.33. The van der Waals surface area contributed by atoms with Gasteiger partial charge in [-0.1, -0.05) is 6.92 Å². The molecule has 0 rings (SSSR count). The van der Waals surface area contributed by atoms with E-state index in [9.17, 15) is 13.6 Å². The number of amides is 1. The van der Waals surface area contributed by atoms with E-state index in [1.807, 2.05) is 0 Å². The molecule has 15 heavy (non-hydrogen) atoms. The van der Waals surface area contributed by atoms with Gasteiger partial charge in [-0.25, -0.2) is 8.78 Å². The van der Waals surface area contributed by atoms with Crippen LogP contribution in [0.25, 0.3) is 0 Å². The number of alkyl halides is 2. The molecule has 0 fully saturated rings. The summed E-state index contributed by atoms with van der Waals surface area (Å²) in [5.41, 5.74) is 5.29. The van der Waals surface area contributed by atoms with Crippen molar-refractivity contribution in [1.82, 2.24) is 5.32 Å². The highest BCUT2D eigenvalue weighted by atomic mass is 19.3. The minimum Gasteiger partial charge on any atom is -0.374 e. The van der Waals surface area contributed by atoms with Crippen LogP contribution in [0.15, 0.2) is 0 Å². The Kier molecular flexibility index (Phi) is 8.12. The highest BCUT2D eigenvalue weighted by Crippen LogP contribution is 1.99. The average Bonchev–Trinajstić information content (AvgIpc) is 2.16. The van der Waals surface area contributed by atoms with Crippen LogP contribution in [-0.4, -0.2) is 38.6 Å². The van der Waals surface area contributed by atoms with Gasteiger partial charge < -0.3 is 15.8 Å². The maximum atomic E-state index is 11.6. The zero-order chi connectivity index (χ0) is 11.7. The second-order valence-electron chi connectivity index (χ2n) is 3.24. The molecule has 3 N–H and O–H groups in total. The van der Waals surface area contributed by atoms with Crippen molar-refractivity contribution in [3.05, 3.63) is 0 Å². The standard InChI is InChI=1S/C9H18F2N2O2/c1-7(2-3-12)9(14)13-4-5-15-6-8(10)11/h7-8H,2-6,12H2,1H3,(H,13,14). The summed E-state index contributed by atoms with van der Waals surface area (Å²) < 4.78 is 27.8. The van der Waals surface area contributed by atoms with Crippen molar-refractivity contribution < 1.29 is 18.3 Å². The molecule has 0 radical (unpaired) electrons. The zero-order valence-corrected chi connectivity index (χ0v) is 8.84. The fraction of sp³-hybridized carbons (Fsp3) is 0.889. The number of nitrogens with one attached hydrogen (secondary N) is 1. The predicted molar refractivity (Wildman–Crippen MR) is 52.7 cm³/mol. The van der Waals surface area contributed by atoms with Crippen molar-refractivity contribution >= 4 is 5.91 Å². The van der Waals surface area contributed by atoms with Crippen LogP contribution in [0.1, 0.15) is 13.3 Å². The lowest BCUT2D eigenvalue weighted by molar-refractivity contribution is -0.124. The first-order valence-electron chi connectivity index (χ1n) is 4.91. The molecule has 1 unspecified atom stereocenters. The van der Waals surface area contributed by atoms with Gasteiger partial charge in [-0.2, -0.15) is 0 Å². The first-order valence-corrected chi connectivity index (χ1v) is 4.91. The van der Waals surface area contributed by atoms with Crippen molar-refractivity contribution in [3.63, 3.8) is 0 Å². The molecular formula is C9H18F2N2O2. The SMILES string of the molecule is CC(CCN)C(=O)NCCOCC(F)F. The van der Waals surface area contributed by atoms with Crippen LogP contribution in [0.2, 0.25) is 0 Å². The topological polar surface area (TPSA) is 64.4 Å². The molecule has 0 aromatic heterocycles. The van der Waals surface area contributed by atoms with E-state index >= 15 is 0 Å². The number of carbonyl (C=O) groups is 1. The summed E-state index contributed by atoms with van der Waals surface area (Å²) in [4.78, 5) is 11.3. The average molecular weight is 224 g/mol. The molecule has 1 atom stereocenters. The number of ether oxygens (including phenoxy) is 1. The van der Waals surface area contributed by atoms with Gasteiger partial charge in [-0.15, -0.1) is 0 Å². The molecule has 0 aromatic carbocycles. The van der Waals surface area contributed by atoms with E-state index in [0.717, 1.165) is 0 Å². The van der Waals surface area contributed by atoms with Crippen LogP contribution >= 0.6 is 0 Å². The van der Waals surface area contributed by atoms with Gasteiger partial charge in [0.2, 0.25) is 5.91 Å². The lowest BCUT2D eigenvalue weighted by Gasteiger charge is -2.10. The minimum atomic E-state index is -2.46. The van der Waals surface area contributed by atoms with E-state index in [2.05, 4.69) is 10.1 Å². The van der Waals surface area contributed by atoms with Crippen LogP contribution in [0.3, 0.4) is 0 Å². The van der Waals surface area contributed by atoms with Gasteiger partial charge in [-0.3, -0.25) is 4.79 Å². The van der Waals surface area contributed by atoms with E-state index in [0.29, 0.717) is 13.0 Å². The van der Waals surface area contributed by atoms with E-state index in [1.165, 1.54) is 0 Å². The fourth-order valence-corrected chi connectivity index (χ4v) is 0.974. The Bertz CT molecular complexity index is 179. The summed E-state index contributed by atoms with van der Waals surface area (Å²) in [6, 6.07) is 0. The van der Waals surface area contributed by atoms with Gasteiger partial charge in [0.15, 0.2) is 0 Å². The molecule has 90 valence electrons. The number of nitrogens with two attached hydrogens (primary N) is 1. The molecule has 0 aliphatic carbocycles. The third-order valence-corrected chi connectivity index (χ3v) is 1.84. The largest absolute Gasteiger partial charge is 0.374 e. The van der Waals surface area contributed by atoms with Crippen molar-refractivity contribution in [2.75, 3.05) is 26.3 Å². The lowest BCUT2D eigenvalue weighted by atomic mass is 10.1. The Labute approximate surface area is 88.2 Å². The molecule has 6 heteroatoms. The highest BCUT2D eigenvalue weighted by Gasteiger charge is 2.10. The number of rotatable bonds is 8. The van der Waals surface area contributed by atoms with Gasteiger partial charge in [0.05, 0.1) is 6.61 Å². The molecule has 0 heterocycles. The van der Waals surface area contributed by atoms with Crippen LogP contribution in [-0.2, 0) is 9.53 Å². The molecule has 0 bridgehead atoms. The summed E-state index contributed by atoms with van der Waals surface area (Å²) >= 11 is 0. The first-order chi connectivity index (χ1) is 7.07. The second kappa shape index (κ2) is 8.55. The third-order valence-electron chi connectivity index (χ3n) is 1.84. The van der Waals surface area contributed by atoms with Crippen LogP contribution in [0, 0.1) is 5.92 Å². The van der Waals surface area contributed by atoms with Gasteiger partial charge in [-0.05, 0) is 13.0 Å². The van der Waals surface area contributed by atoms with Crippen molar-refractivity contribution in [2.45, 2.75) is 19.8 Å². The number of halogens is 2. The summed E-state index contributed by atoms with van der Waals surface area (Å²) in [6.07, 6.45) is -1.85. The van der Waals surface area contributed by atoms with Crippen LogP contribution < -0.4 is 11.1 Å². The minimum absolute atomic E-state index is 0.103. The molecule has 0 aliphatic heterocycles. The zero-order valence-electron chi connectivity index (χ0n) is 8.84. The number of hydrogen-bond acceptors (Lipinski definition) is 3. The van der Waals surface area contributed by atoms with Crippen LogP contribution in [0.4, 0.5) is 8.78 Å². The van der Waals surface area contributed by atoms with Gasteiger partial charge in [0, 0.05) is 12.5 Å². The highest BCUT2D eigenvalue weighted by molar-refractivity contribution is 5.78. The molecule has 0 saturated heterocycles. The Morgan fingerprint density at radius 2 is 2.20 bits per heavy atom. The Hall–Kier alpha value is -0.750. The maximum absolute atomic E-state index is 11.6. The quantitative estimate of drug-likeness (QED) is 0.585. The Morgan fingerprint density at radius 1 is 1.53 bits per heavy atom.